The van der Waals surface area contributed by atoms with Gasteiger partial charge in [-0.05, 0) is 44.1 Å². The molecule has 3 rings (SSSR count). The molecule has 0 radical (unpaired) electrons. The summed E-state index contributed by atoms with van der Waals surface area (Å²) in [6.07, 6.45) is 8.91. The topological polar surface area (TPSA) is 21.3 Å². The van der Waals surface area contributed by atoms with Crippen LogP contribution < -0.4 is 5.32 Å². The zero-order chi connectivity index (χ0) is 13.5. The number of rotatable bonds is 3. The van der Waals surface area contributed by atoms with Gasteiger partial charge in [0, 0.05) is 24.0 Å². The highest BCUT2D eigenvalue weighted by molar-refractivity contribution is 5.10. The Kier molecular flexibility index (Phi) is 3.92. The fraction of sp³-hybridized carbons (Fsp3) is 1.00. The molecule has 1 aliphatic heterocycles. The fourth-order valence-corrected chi connectivity index (χ4v) is 4.98. The lowest BCUT2D eigenvalue weighted by Crippen LogP contribution is -2.69. The summed E-state index contributed by atoms with van der Waals surface area (Å²) in [5, 5.41) is 3.92. The molecule has 2 nitrogen and oxygen atoms in total. The molecule has 0 amide bonds. The molecule has 110 valence electrons. The summed E-state index contributed by atoms with van der Waals surface area (Å²) < 4.78 is 5.99. The molecule has 2 heteroatoms. The van der Waals surface area contributed by atoms with E-state index in [-0.39, 0.29) is 0 Å². The van der Waals surface area contributed by atoms with E-state index < -0.39 is 0 Å². The molecule has 5 unspecified atom stereocenters. The molecule has 0 aromatic heterocycles. The summed E-state index contributed by atoms with van der Waals surface area (Å²) >= 11 is 0. The van der Waals surface area contributed by atoms with E-state index >= 15 is 0 Å². The fourth-order valence-electron chi connectivity index (χ4n) is 4.98. The van der Waals surface area contributed by atoms with Crippen LogP contribution in [0.5, 0.6) is 0 Å². The van der Waals surface area contributed by atoms with Crippen molar-refractivity contribution < 1.29 is 4.74 Å². The average Bonchev–Trinajstić information content (AvgIpc) is 2.39. The van der Waals surface area contributed by atoms with E-state index in [9.17, 15) is 0 Å². The summed E-state index contributed by atoms with van der Waals surface area (Å²) in [5.74, 6) is 2.65. The zero-order valence-corrected chi connectivity index (χ0v) is 13.0. The second-order valence-electron chi connectivity index (χ2n) is 7.94. The van der Waals surface area contributed by atoms with E-state index in [0.717, 1.165) is 24.4 Å². The lowest BCUT2D eigenvalue weighted by Gasteiger charge is -2.60. The smallest absolute Gasteiger partial charge is 0.0684 e. The van der Waals surface area contributed by atoms with Crippen LogP contribution in [-0.4, -0.2) is 25.3 Å². The second-order valence-corrected chi connectivity index (χ2v) is 7.94. The van der Waals surface area contributed by atoms with Crippen molar-refractivity contribution in [3.63, 3.8) is 0 Å². The number of hydrogen-bond donors (Lipinski definition) is 1. The van der Waals surface area contributed by atoms with Gasteiger partial charge in [0.1, 0.15) is 0 Å². The van der Waals surface area contributed by atoms with Gasteiger partial charge in [-0.3, -0.25) is 0 Å². The highest BCUT2D eigenvalue weighted by Crippen LogP contribution is 2.51. The van der Waals surface area contributed by atoms with Crippen LogP contribution in [0, 0.1) is 23.2 Å². The van der Waals surface area contributed by atoms with Gasteiger partial charge in [-0.15, -0.1) is 0 Å². The highest BCUT2D eigenvalue weighted by atomic mass is 16.5. The molecule has 1 N–H and O–H groups in total. The van der Waals surface area contributed by atoms with Gasteiger partial charge in [-0.1, -0.05) is 33.6 Å². The summed E-state index contributed by atoms with van der Waals surface area (Å²) in [5.41, 5.74) is 0.339. The molecule has 1 saturated heterocycles. The van der Waals surface area contributed by atoms with E-state index in [4.69, 9.17) is 4.74 Å². The third-order valence-electron chi connectivity index (χ3n) is 6.00. The molecule has 5 atom stereocenters. The molecule has 2 aliphatic carbocycles. The molecule has 0 spiro atoms. The van der Waals surface area contributed by atoms with E-state index in [1.165, 1.54) is 45.1 Å². The predicted molar refractivity (Wildman–Crippen MR) is 79.2 cm³/mol. The molecule has 3 fully saturated rings. The first-order valence-electron chi connectivity index (χ1n) is 8.44. The van der Waals surface area contributed by atoms with E-state index in [1.807, 2.05) is 0 Å². The van der Waals surface area contributed by atoms with Crippen LogP contribution >= 0.6 is 0 Å². The normalized spacial score (nSPS) is 45.3. The van der Waals surface area contributed by atoms with E-state index in [0.29, 0.717) is 17.6 Å². The summed E-state index contributed by atoms with van der Waals surface area (Å²) in [6, 6.07) is 0.690. The zero-order valence-electron chi connectivity index (χ0n) is 13.0. The standard InChI is InChI=1S/C17H31NO/c1-12-6-4-7-13(10-12)11-18-15-14-8-5-9-19-16(14)17(15,2)3/h12-16,18H,4-11H2,1-3H3. The van der Waals surface area contributed by atoms with Gasteiger partial charge in [-0.2, -0.15) is 0 Å². The Morgan fingerprint density at radius 3 is 2.79 bits per heavy atom. The van der Waals surface area contributed by atoms with Crippen molar-refractivity contribution in [1.29, 1.82) is 0 Å². The highest BCUT2D eigenvalue weighted by Gasteiger charge is 2.57. The Morgan fingerprint density at radius 2 is 2.00 bits per heavy atom. The summed E-state index contributed by atoms with van der Waals surface area (Å²) in [6.45, 7) is 9.42. The van der Waals surface area contributed by atoms with Crippen LogP contribution in [0.2, 0.25) is 0 Å². The van der Waals surface area contributed by atoms with Gasteiger partial charge in [0.15, 0.2) is 0 Å². The minimum atomic E-state index is 0.339. The molecule has 1 heterocycles. The van der Waals surface area contributed by atoms with Crippen LogP contribution in [0.4, 0.5) is 0 Å². The maximum Gasteiger partial charge on any atom is 0.0684 e. The Labute approximate surface area is 118 Å². The third kappa shape index (κ3) is 2.58. The Morgan fingerprint density at radius 1 is 1.16 bits per heavy atom. The van der Waals surface area contributed by atoms with Crippen molar-refractivity contribution >= 4 is 0 Å². The lowest BCUT2D eigenvalue weighted by atomic mass is 9.55. The van der Waals surface area contributed by atoms with Gasteiger partial charge in [0.2, 0.25) is 0 Å². The number of fused-ring (bicyclic) bond motifs is 1. The van der Waals surface area contributed by atoms with Crippen LogP contribution in [-0.2, 0) is 4.74 Å². The first-order valence-corrected chi connectivity index (χ1v) is 8.44. The molecule has 0 aromatic carbocycles. The van der Waals surface area contributed by atoms with Crippen LogP contribution in [0.1, 0.15) is 59.3 Å². The number of ether oxygens (including phenoxy) is 1. The Bertz CT molecular complexity index is 314. The average molecular weight is 265 g/mol. The lowest BCUT2D eigenvalue weighted by molar-refractivity contribution is -0.193. The minimum absolute atomic E-state index is 0.339. The maximum atomic E-state index is 5.99. The van der Waals surface area contributed by atoms with Crippen LogP contribution in [0.15, 0.2) is 0 Å². The molecule has 0 aromatic rings. The van der Waals surface area contributed by atoms with E-state index in [2.05, 4.69) is 26.1 Å². The Hall–Kier alpha value is -0.0800. The van der Waals surface area contributed by atoms with Crippen molar-refractivity contribution in [3.8, 4) is 0 Å². The predicted octanol–water partition coefficient (Wildman–Crippen LogP) is 3.61. The van der Waals surface area contributed by atoms with Crippen molar-refractivity contribution in [1.82, 2.24) is 5.32 Å². The monoisotopic (exact) mass is 265 g/mol. The van der Waals surface area contributed by atoms with Crippen LogP contribution in [0.3, 0.4) is 0 Å². The van der Waals surface area contributed by atoms with Gasteiger partial charge in [0.25, 0.3) is 0 Å². The van der Waals surface area contributed by atoms with Crippen LogP contribution in [0.25, 0.3) is 0 Å². The summed E-state index contributed by atoms with van der Waals surface area (Å²) in [4.78, 5) is 0. The van der Waals surface area contributed by atoms with Gasteiger partial charge in [0.05, 0.1) is 6.10 Å². The first-order chi connectivity index (χ1) is 9.09. The second kappa shape index (κ2) is 5.37. The van der Waals surface area contributed by atoms with Gasteiger partial charge < -0.3 is 10.1 Å². The largest absolute Gasteiger partial charge is 0.377 e. The van der Waals surface area contributed by atoms with Crippen molar-refractivity contribution in [2.75, 3.05) is 13.2 Å². The molecule has 19 heavy (non-hydrogen) atoms. The Balaban J connectivity index is 1.52. The third-order valence-corrected chi connectivity index (χ3v) is 6.00. The SMILES string of the molecule is CC1CCCC(CNC2C3CCCOC3C2(C)C)C1. The van der Waals surface area contributed by atoms with Gasteiger partial charge in [-0.25, -0.2) is 0 Å². The minimum Gasteiger partial charge on any atom is -0.377 e. The van der Waals surface area contributed by atoms with Crippen molar-refractivity contribution in [3.05, 3.63) is 0 Å². The molecule has 3 aliphatic rings. The number of hydrogen-bond acceptors (Lipinski definition) is 2. The van der Waals surface area contributed by atoms with Crippen molar-refractivity contribution in [2.45, 2.75) is 71.4 Å². The molecular formula is C17H31NO. The van der Waals surface area contributed by atoms with Gasteiger partial charge >= 0.3 is 0 Å². The molecular weight excluding hydrogens is 234 g/mol. The first kappa shape index (κ1) is 13.9. The summed E-state index contributed by atoms with van der Waals surface area (Å²) in [7, 11) is 0. The number of nitrogens with one attached hydrogen (secondary N) is 1. The molecule has 2 saturated carbocycles. The molecule has 0 bridgehead atoms. The maximum absolute atomic E-state index is 5.99. The van der Waals surface area contributed by atoms with E-state index in [1.54, 1.807) is 0 Å². The quantitative estimate of drug-likeness (QED) is 0.842. The van der Waals surface area contributed by atoms with Crippen molar-refractivity contribution in [2.24, 2.45) is 23.2 Å².